The van der Waals surface area contributed by atoms with Crippen LogP contribution in [0.25, 0.3) is 0 Å². The van der Waals surface area contributed by atoms with Gasteiger partial charge in [0.15, 0.2) is 11.5 Å². The number of hydrogen-bond donors (Lipinski definition) is 1. The summed E-state index contributed by atoms with van der Waals surface area (Å²) >= 11 is 0. The minimum absolute atomic E-state index is 0.0863. The minimum atomic E-state index is -4.25. The van der Waals surface area contributed by atoms with Gasteiger partial charge in [0.05, 0.1) is 20.8 Å². The molecule has 0 bridgehead atoms. The molecular formula is C13H18F3NO3. The zero-order valence-corrected chi connectivity index (χ0v) is 11.6. The van der Waals surface area contributed by atoms with Gasteiger partial charge in [0.1, 0.15) is 0 Å². The highest BCUT2D eigenvalue weighted by Gasteiger charge is 2.30. The van der Waals surface area contributed by atoms with Crippen molar-refractivity contribution in [2.45, 2.75) is 19.6 Å². The van der Waals surface area contributed by atoms with Gasteiger partial charge in [-0.25, -0.2) is 0 Å². The normalized spacial score (nSPS) is 11.8. The van der Waals surface area contributed by atoms with Crippen LogP contribution in [0.4, 0.5) is 13.2 Å². The van der Waals surface area contributed by atoms with Gasteiger partial charge in [-0.05, 0) is 24.2 Å². The van der Waals surface area contributed by atoms with E-state index < -0.39 is 12.7 Å². The number of benzene rings is 1. The molecule has 0 aliphatic heterocycles. The molecule has 0 spiro atoms. The summed E-state index contributed by atoms with van der Waals surface area (Å²) in [6.45, 7) is 1.00. The van der Waals surface area contributed by atoms with Crippen LogP contribution in [0.5, 0.6) is 17.2 Å². The Bertz CT molecular complexity index is 424. The van der Waals surface area contributed by atoms with Crippen LogP contribution in [-0.2, 0) is 6.54 Å². The van der Waals surface area contributed by atoms with E-state index >= 15 is 0 Å². The quantitative estimate of drug-likeness (QED) is 0.875. The van der Waals surface area contributed by atoms with Crippen molar-refractivity contribution >= 4 is 0 Å². The molecule has 20 heavy (non-hydrogen) atoms. The first-order chi connectivity index (χ1) is 9.30. The predicted octanol–water partition coefficient (Wildman–Crippen LogP) is 2.79. The maximum atomic E-state index is 12.4. The number of halogens is 3. The Labute approximate surface area is 115 Å². The second-order valence-corrected chi connectivity index (χ2v) is 4.27. The van der Waals surface area contributed by atoms with Crippen LogP contribution in [-0.4, -0.2) is 43.5 Å². The third-order valence-electron chi connectivity index (χ3n) is 2.80. The molecule has 0 atom stereocenters. The number of methoxy groups -OCH3 is 2. The number of nitrogens with zero attached hydrogens (tertiary/aromatic N) is 1. The first kappa shape index (κ1) is 16.4. The second-order valence-electron chi connectivity index (χ2n) is 4.27. The lowest BCUT2D eigenvalue weighted by Crippen LogP contribution is -2.33. The topological polar surface area (TPSA) is 41.9 Å². The largest absolute Gasteiger partial charge is 0.502 e. The van der Waals surface area contributed by atoms with Crippen molar-refractivity contribution in [3.05, 3.63) is 17.7 Å². The molecule has 114 valence electrons. The molecule has 0 fully saturated rings. The molecule has 0 heterocycles. The third kappa shape index (κ3) is 4.48. The monoisotopic (exact) mass is 293 g/mol. The molecular weight excluding hydrogens is 275 g/mol. The van der Waals surface area contributed by atoms with Crippen LogP contribution >= 0.6 is 0 Å². The maximum Gasteiger partial charge on any atom is 0.401 e. The summed E-state index contributed by atoms with van der Waals surface area (Å²) < 4.78 is 47.2. The number of phenols is 1. The van der Waals surface area contributed by atoms with Gasteiger partial charge >= 0.3 is 6.18 Å². The summed E-state index contributed by atoms with van der Waals surface area (Å²) in [5.74, 6) is 0.169. The van der Waals surface area contributed by atoms with Crippen LogP contribution in [0, 0.1) is 0 Å². The van der Waals surface area contributed by atoms with E-state index in [1.54, 1.807) is 6.92 Å². The molecule has 0 unspecified atom stereocenters. The van der Waals surface area contributed by atoms with Crippen LogP contribution in [0.1, 0.15) is 12.5 Å². The molecule has 1 N–H and O–H groups in total. The Morgan fingerprint density at radius 2 is 1.65 bits per heavy atom. The molecule has 0 saturated heterocycles. The molecule has 0 radical (unpaired) electrons. The Balaban J connectivity index is 2.95. The van der Waals surface area contributed by atoms with Crippen molar-refractivity contribution in [1.29, 1.82) is 0 Å². The predicted molar refractivity (Wildman–Crippen MR) is 68.2 cm³/mol. The summed E-state index contributed by atoms with van der Waals surface area (Å²) in [7, 11) is 2.73. The van der Waals surface area contributed by atoms with Gasteiger partial charge in [-0.3, -0.25) is 4.90 Å². The van der Waals surface area contributed by atoms with Crippen LogP contribution in [0.15, 0.2) is 12.1 Å². The maximum absolute atomic E-state index is 12.4. The van der Waals surface area contributed by atoms with Gasteiger partial charge < -0.3 is 14.6 Å². The molecule has 1 aromatic carbocycles. The first-order valence-electron chi connectivity index (χ1n) is 6.03. The van der Waals surface area contributed by atoms with Crippen molar-refractivity contribution in [2.24, 2.45) is 0 Å². The number of phenolic OH excluding ortho intramolecular Hbond substituents is 1. The lowest BCUT2D eigenvalue weighted by atomic mass is 10.1. The SMILES string of the molecule is CCN(Cc1cc(OC)c(O)c(OC)c1)CC(F)(F)F. The molecule has 0 aromatic heterocycles. The fraction of sp³-hybridized carbons (Fsp3) is 0.538. The molecule has 7 heteroatoms. The highest BCUT2D eigenvalue weighted by Crippen LogP contribution is 2.37. The fourth-order valence-corrected chi connectivity index (χ4v) is 1.83. The number of hydrogen-bond acceptors (Lipinski definition) is 4. The molecule has 0 saturated carbocycles. The molecule has 0 aliphatic rings. The van der Waals surface area contributed by atoms with Crippen molar-refractivity contribution < 1.29 is 27.8 Å². The highest BCUT2D eigenvalue weighted by molar-refractivity contribution is 5.52. The van der Waals surface area contributed by atoms with Crippen molar-refractivity contribution in [2.75, 3.05) is 27.3 Å². The number of alkyl halides is 3. The Morgan fingerprint density at radius 1 is 1.15 bits per heavy atom. The highest BCUT2D eigenvalue weighted by atomic mass is 19.4. The Kier molecular flexibility index (Phi) is 5.50. The van der Waals surface area contributed by atoms with E-state index in [2.05, 4.69) is 0 Å². The van der Waals surface area contributed by atoms with E-state index in [1.807, 2.05) is 0 Å². The molecule has 0 aliphatic carbocycles. The number of aromatic hydroxyl groups is 1. The van der Waals surface area contributed by atoms with Gasteiger partial charge in [0.25, 0.3) is 0 Å². The molecule has 4 nitrogen and oxygen atoms in total. The van der Waals surface area contributed by atoms with Gasteiger partial charge in [-0.2, -0.15) is 13.2 Å². The summed E-state index contributed by atoms with van der Waals surface area (Å²) in [5, 5.41) is 9.75. The smallest absolute Gasteiger partial charge is 0.401 e. The summed E-state index contributed by atoms with van der Waals surface area (Å²) in [4.78, 5) is 1.24. The van der Waals surface area contributed by atoms with Gasteiger partial charge in [-0.1, -0.05) is 6.92 Å². The lowest BCUT2D eigenvalue weighted by Gasteiger charge is -2.22. The van der Waals surface area contributed by atoms with Gasteiger partial charge in [-0.15, -0.1) is 0 Å². The van der Waals surface area contributed by atoms with E-state index in [4.69, 9.17) is 9.47 Å². The van der Waals surface area contributed by atoms with E-state index in [0.29, 0.717) is 5.56 Å². The van der Waals surface area contributed by atoms with E-state index in [-0.39, 0.29) is 30.3 Å². The number of ether oxygens (including phenoxy) is 2. The van der Waals surface area contributed by atoms with Gasteiger partial charge in [0, 0.05) is 6.54 Å². The van der Waals surface area contributed by atoms with Gasteiger partial charge in [0.2, 0.25) is 5.75 Å². The van der Waals surface area contributed by atoms with E-state index in [1.165, 1.54) is 31.3 Å². The average molecular weight is 293 g/mol. The lowest BCUT2D eigenvalue weighted by molar-refractivity contribution is -0.146. The third-order valence-corrected chi connectivity index (χ3v) is 2.80. The van der Waals surface area contributed by atoms with Crippen molar-refractivity contribution in [3.8, 4) is 17.2 Å². The van der Waals surface area contributed by atoms with Crippen LogP contribution in [0.2, 0.25) is 0 Å². The molecule has 0 amide bonds. The zero-order chi connectivity index (χ0) is 15.3. The minimum Gasteiger partial charge on any atom is -0.502 e. The Hall–Kier alpha value is -1.63. The summed E-state index contributed by atoms with van der Waals surface area (Å²) in [6.07, 6.45) is -4.25. The van der Waals surface area contributed by atoms with Crippen molar-refractivity contribution in [3.63, 3.8) is 0 Å². The Morgan fingerprint density at radius 3 is 2.00 bits per heavy atom. The zero-order valence-electron chi connectivity index (χ0n) is 11.6. The van der Waals surface area contributed by atoms with E-state index in [9.17, 15) is 18.3 Å². The second kappa shape index (κ2) is 6.69. The molecule has 1 aromatic rings. The molecule has 1 rings (SSSR count). The standard InChI is InChI=1S/C13H18F3NO3/c1-4-17(8-13(14,15)16)7-9-5-10(19-2)12(18)11(6-9)20-3/h5-6,18H,4,7-8H2,1-3H3. The summed E-state index contributed by atoms with van der Waals surface area (Å²) in [6, 6.07) is 2.99. The summed E-state index contributed by atoms with van der Waals surface area (Å²) in [5.41, 5.74) is 0.572. The van der Waals surface area contributed by atoms with E-state index in [0.717, 1.165) is 0 Å². The van der Waals surface area contributed by atoms with Crippen LogP contribution < -0.4 is 9.47 Å². The fourth-order valence-electron chi connectivity index (χ4n) is 1.83. The first-order valence-corrected chi connectivity index (χ1v) is 6.03. The van der Waals surface area contributed by atoms with Crippen molar-refractivity contribution in [1.82, 2.24) is 4.90 Å². The van der Waals surface area contributed by atoms with Crippen LogP contribution in [0.3, 0.4) is 0 Å². The average Bonchev–Trinajstić information content (AvgIpc) is 2.38. The number of rotatable bonds is 6.